The molecule has 3 aliphatic rings. The number of amides is 3. The lowest BCUT2D eigenvalue weighted by atomic mass is 9.96. The third-order valence-electron chi connectivity index (χ3n) is 8.79. The molecule has 2 N–H and O–H groups in total. The van der Waals surface area contributed by atoms with E-state index in [2.05, 4.69) is 15.6 Å². The van der Waals surface area contributed by atoms with Crippen LogP contribution in [0.3, 0.4) is 0 Å². The molecule has 11 heteroatoms. The van der Waals surface area contributed by atoms with Gasteiger partial charge in [-0.3, -0.25) is 19.7 Å². The Morgan fingerprint density at radius 1 is 1.00 bits per heavy atom. The van der Waals surface area contributed by atoms with Crippen LogP contribution in [0.5, 0.6) is 0 Å². The van der Waals surface area contributed by atoms with E-state index in [9.17, 15) is 27.6 Å². The number of rotatable bonds is 7. The summed E-state index contributed by atoms with van der Waals surface area (Å²) in [5, 5.41) is 5.78. The molecule has 230 valence electrons. The Kier molecular flexibility index (Phi) is 8.15. The minimum atomic E-state index is -4.51. The summed E-state index contributed by atoms with van der Waals surface area (Å²) < 4.78 is 42.3. The lowest BCUT2D eigenvalue weighted by Crippen LogP contribution is -2.52. The Balaban J connectivity index is 1.03. The van der Waals surface area contributed by atoms with Gasteiger partial charge < -0.3 is 15.1 Å². The molecule has 44 heavy (non-hydrogen) atoms. The van der Waals surface area contributed by atoms with Gasteiger partial charge in [0.05, 0.1) is 5.56 Å². The largest absolute Gasteiger partial charge is 0.419 e. The number of fused-ring (bicyclic) bond motifs is 1. The molecule has 0 bridgehead atoms. The smallest absolute Gasteiger partial charge is 0.356 e. The third kappa shape index (κ3) is 6.19. The first-order valence-corrected chi connectivity index (χ1v) is 14.9. The number of pyridine rings is 1. The number of hydrogen-bond acceptors (Lipinski definition) is 6. The highest BCUT2D eigenvalue weighted by Gasteiger charge is 2.39. The number of aryl methyl sites for hydroxylation is 1. The molecule has 2 aromatic carbocycles. The van der Waals surface area contributed by atoms with E-state index >= 15 is 0 Å². The van der Waals surface area contributed by atoms with Crippen LogP contribution in [0, 0.1) is 12.8 Å². The van der Waals surface area contributed by atoms with E-state index in [4.69, 9.17) is 0 Å². The van der Waals surface area contributed by atoms with Crippen LogP contribution in [0.25, 0.3) is 11.1 Å². The number of aromatic nitrogens is 1. The number of anilines is 1. The van der Waals surface area contributed by atoms with E-state index in [0.29, 0.717) is 55.2 Å². The van der Waals surface area contributed by atoms with Gasteiger partial charge in [-0.1, -0.05) is 42.0 Å². The van der Waals surface area contributed by atoms with Crippen molar-refractivity contribution in [3.05, 3.63) is 82.5 Å². The van der Waals surface area contributed by atoms with E-state index in [1.807, 2.05) is 37.3 Å². The molecule has 0 saturated carbocycles. The van der Waals surface area contributed by atoms with E-state index < -0.39 is 23.7 Å². The maximum atomic E-state index is 14.1. The lowest BCUT2D eigenvalue weighted by molar-refractivity contribution is -0.138. The second-order valence-electron chi connectivity index (χ2n) is 11.9. The van der Waals surface area contributed by atoms with Crippen LogP contribution in [-0.2, 0) is 28.9 Å². The summed E-state index contributed by atoms with van der Waals surface area (Å²) in [6, 6.07) is 13.6. The van der Waals surface area contributed by atoms with Crippen molar-refractivity contribution in [2.45, 2.75) is 57.9 Å². The molecule has 0 aliphatic carbocycles. The number of carbonyl (C=O) groups excluding carboxylic acids is 3. The van der Waals surface area contributed by atoms with E-state index in [0.717, 1.165) is 36.1 Å². The highest BCUT2D eigenvalue weighted by molar-refractivity contribution is 6.05. The quantitative estimate of drug-likeness (QED) is 0.375. The topological polar surface area (TPSA) is 94.6 Å². The summed E-state index contributed by atoms with van der Waals surface area (Å²) in [5.41, 5.74) is 3.85. The number of imide groups is 1. The van der Waals surface area contributed by atoms with Gasteiger partial charge in [0.15, 0.2) is 0 Å². The predicted octanol–water partition coefficient (Wildman–Crippen LogP) is 4.84. The molecule has 1 aromatic heterocycles. The van der Waals surface area contributed by atoms with Crippen molar-refractivity contribution in [2.24, 2.45) is 5.92 Å². The van der Waals surface area contributed by atoms with Gasteiger partial charge in [-0.2, -0.15) is 13.2 Å². The molecule has 0 radical (unpaired) electrons. The number of benzene rings is 2. The van der Waals surface area contributed by atoms with Gasteiger partial charge in [-0.05, 0) is 67.5 Å². The second kappa shape index (κ2) is 12.0. The highest BCUT2D eigenvalue weighted by Crippen LogP contribution is 2.39. The van der Waals surface area contributed by atoms with E-state index in [-0.39, 0.29) is 24.1 Å². The van der Waals surface area contributed by atoms with Crippen LogP contribution in [0.1, 0.15) is 58.3 Å². The number of hydrogen-bond donors (Lipinski definition) is 2. The molecule has 2 fully saturated rings. The average Bonchev–Trinajstić information content (AvgIpc) is 3.32. The van der Waals surface area contributed by atoms with Gasteiger partial charge in [0, 0.05) is 49.9 Å². The van der Waals surface area contributed by atoms with Crippen LogP contribution in [0.15, 0.2) is 54.7 Å². The summed E-state index contributed by atoms with van der Waals surface area (Å²) in [6.07, 6.45) is -0.966. The SMILES string of the molecule is Cc1cccc(-c2cnc(N3CCC(CNCc4ccc5c(c4)CN([C@H]4CCC(=O)NC4=O)C5=O)CC3)c(C(F)(F)F)c2)c1. The molecule has 8 nitrogen and oxygen atoms in total. The Hall–Kier alpha value is -4.25. The number of nitrogens with zero attached hydrogens (tertiary/aromatic N) is 3. The van der Waals surface area contributed by atoms with Crippen LogP contribution < -0.4 is 15.5 Å². The molecule has 3 amide bonds. The normalized spacial score (nSPS) is 19.4. The van der Waals surface area contributed by atoms with Gasteiger partial charge in [-0.15, -0.1) is 0 Å². The number of piperidine rings is 2. The molecule has 3 aromatic rings. The van der Waals surface area contributed by atoms with Crippen LogP contribution in [0.2, 0.25) is 0 Å². The van der Waals surface area contributed by atoms with Crippen molar-refractivity contribution >= 4 is 23.5 Å². The molecule has 0 spiro atoms. The first kappa shape index (κ1) is 29.8. The Labute approximate surface area is 253 Å². The van der Waals surface area contributed by atoms with Crippen molar-refractivity contribution < 1.29 is 27.6 Å². The third-order valence-corrected chi connectivity index (χ3v) is 8.79. The van der Waals surface area contributed by atoms with Gasteiger partial charge in [-0.25, -0.2) is 4.98 Å². The van der Waals surface area contributed by atoms with Crippen LogP contribution in [-0.4, -0.2) is 53.3 Å². The summed E-state index contributed by atoms with van der Waals surface area (Å²) in [7, 11) is 0. The summed E-state index contributed by atoms with van der Waals surface area (Å²) in [6.45, 7) is 4.51. The summed E-state index contributed by atoms with van der Waals surface area (Å²) in [5.74, 6) is -0.649. The highest BCUT2D eigenvalue weighted by atomic mass is 19.4. The maximum Gasteiger partial charge on any atom is 0.419 e. The molecular weight excluding hydrogens is 571 g/mol. The Bertz CT molecular complexity index is 1600. The first-order chi connectivity index (χ1) is 21.1. The first-order valence-electron chi connectivity index (χ1n) is 14.9. The lowest BCUT2D eigenvalue weighted by Gasteiger charge is -2.34. The van der Waals surface area contributed by atoms with Gasteiger partial charge in [0.25, 0.3) is 5.91 Å². The monoisotopic (exact) mass is 605 g/mol. The minimum Gasteiger partial charge on any atom is -0.356 e. The number of nitrogens with one attached hydrogen (secondary N) is 2. The maximum absolute atomic E-state index is 14.1. The van der Waals surface area contributed by atoms with E-state index in [1.54, 1.807) is 17.0 Å². The zero-order valence-corrected chi connectivity index (χ0v) is 24.4. The number of carbonyl (C=O) groups is 3. The number of alkyl halides is 3. The van der Waals surface area contributed by atoms with Crippen molar-refractivity contribution in [1.82, 2.24) is 20.5 Å². The minimum absolute atomic E-state index is 0.0145. The molecule has 4 heterocycles. The molecule has 0 unspecified atom stereocenters. The van der Waals surface area contributed by atoms with Crippen LogP contribution >= 0.6 is 0 Å². The van der Waals surface area contributed by atoms with E-state index in [1.165, 1.54) is 17.2 Å². The summed E-state index contributed by atoms with van der Waals surface area (Å²) >= 11 is 0. The molecular formula is C33H34F3N5O3. The van der Waals surface area contributed by atoms with Gasteiger partial charge >= 0.3 is 6.18 Å². The second-order valence-corrected chi connectivity index (χ2v) is 11.9. The fraction of sp³-hybridized carbons (Fsp3) is 0.394. The molecule has 3 aliphatic heterocycles. The van der Waals surface area contributed by atoms with Gasteiger partial charge in [0.2, 0.25) is 11.8 Å². The molecule has 2 saturated heterocycles. The predicted molar refractivity (Wildman–Crippen MR) is 159 cm³/mol. The molecule has 6 rings (SSSR count). The van der Waals surface area contributed by atoms with Crippen molar-refractivity contribution in [2.75, 3.05) is 24.5 Å². The zero-order chi connectivity index (χ0) is 31.0. The Morgan fingerprint density at radius 3 is 2.52 bits per heavy atom. The zero-order valence-electron chi connectivity index (χ0n) is 24.4. The van der Waals surface area contributed by atoms with Crippen molar-refractivity contribution in [3.63, 3.8) is 0 Å². The van der Waals surface area contributed by atoms with Crippen molar-refractivity contribution in [1.29, 1.82) is 0 Å². The average molecular weight is 606 g/mol. The van der Waals surface area contributed by atoms with Gasteiger partial charge in [0.1, 0.15) is 11.9 Å². The molecule has 1 atom stereocenters. The summed E-state index contributed by atoms with van der Waals surface area (Å²) in [4.78, 5) is 44.3. The van der Waals surface area contributed by atoms with Crippen LogP contribution in [0.4, 0.5) is 19.0 Å². The fourth-order valence-corrected chi connectivity index (χ4v) is 6.41. The van der Waals surface area contributed by atoms with Crippen molar-refractivity contribution in [3.8, 4) is 11.1 Å². The Morgan fingerprint density at radius 2 is 1.80 bits per heavy atom. The standard InChI is InChI=1S/C33H34F3N5O3/c1-20-3-2-4-23(13-20)24-15-27(33(34,35)36)30(38-18-24)40-11-9-21(10-12-40)16-37-17-22-5-6-26-25(14-22)19-41(32(26)44)28-7-8-29(42)39-31(28)43/h2-6,13-15,18,21,28,37H,7-12,16-17,19H2,1H3,(H,39,42,43)/t28-/m0/s1. The fourth-order valence-electron chi connectivity index (χ4n) is 6.41. The number of halogens is 3.